The van der Waals surface area contributed by atoms with Crippen LogP contribution in [0.15, 0.2) is 18.2 Å². The van der Waals surface area contributed by atoms with Crippen molar-refractivity contribution in [2.75, 3.05) is 5.32 Å². The summed E-state index contributed by atoms with van der Waals surface area (Å²) in [7, 11) is 0. The van der Waals surface area contributed by atoms with Gasteiger partial charge in [0.15, 0.2) is 5.82 Å². The Hall–Kier alpha value is -1.49. The fraction of sp³-hybridized carbons (Fsp3) is 0.333. The normalized spacial score (nSPS) is 14.9. The number of benzene rings is 1. The van der Waals surface area contributed by atoms with Gasteiger partial charge in [-0.3, -0.25) is 0 Å². The second kappa shape index (κ2) is 4.07. The highest BCUT2D eigenvalue weighted by atomic mass is 32.1. The molecule has 5 heteroatoms. The Balaban J connectivity index is 1.91. The first-order chi connectivity index (χ1) is 8.22. The summed E-state index contributed by atoms with van der Waals surface area (Å²) in [6, 6.07) is 5.25. The van der Waals surface area contributed by atoms with Gasteiger partial charge in [0.05, 0.1) is 0 Å². The Morgan fingerprint density at radius 2 is 2.24 bits per heavy atom. The zero-order valence-electron chi connectivity index (χ0n) is 9.40. The molecule has 1 fully saturated rings. The van der Waals surface area contributed by atoms with Gasteiger partial charge in [-0.1, -0.05) is 6.07 Å². The van der Waals surface area contributed by atoms with Gasteiger partial charge in [-0.05, 0) is 37.5 Å². The Morgan fingerprint density at radius 3 is 3.00 bits per heavy atom. The highest BCUT2D eigenvalue weighted by Gasteiger charge is 2.22. The fourth-order valence-electron chi connectivity index (χ4n) is 1.63. The maximum Gasteiger partial charge on any atom is 0.203 e. The smallest absolute Gasteiger partial charge is 0.203 e. The number of rotatable bonds is 3. The minimum absolute atomic E-state index is 0.253. The SMILES string of the molecule is Cc1ccc(F)cc1-c1nsc(NC2CC2)n1. The zero-order chi connectivity index (χ0) is 11.8. The Bertz CT molecular complexity index is 548. The average Bonchev–Trinajstić information content (AvgIpc) is 2.99. The molecule has 1 aliphatic carbocycles. The number of halogens is 1. The number of hydrogen-bond acceptors (Lipinski definition) is 4. The van der Waals surface area contributed by atoms with Crippen LogP contribution in [0, 0.1) is 12.7 Å². The van der Waals surface area contributed by atoms with E-state index < -0.39 is 0 Å². The highest BCUT2D eigenvalue weighted by Crippen LogP contribution is 2.29. The lowest BCUT2D eigenvalue weighted by Gasteiger charge is -2.01. The molecule has 1 aromatic carbocycles. The number of nitrogens with one attached hydrogen (secondary N) is 1. The van der Waals surface area contributed by atoms with Crippen LogP contribution in [0.3, 0.4) is 0 Å². The number of aryl methyl sites for hydroxylation is 1. The third-order valence-electron chi connectivity index (χ3n) is 2.77. The first-order valence-corrected chi connectivity index (χ1v) is 6.36. The van der Waals surface area contributed by atoms with Gasteiger partial charge in [0, 0.05) is 23.1 Å². The van der Waals surface area contributed by atoms with Crippen molar-refractivity contribution < 1.29 is 4.39 Å². The summed E-state index contributed by atoms with van der Waals surface area (Å²) in [6.07, 6.45) is 2.40. The summed E-state index contributed by atoms with van der Waals surface area (Å²) in [4.78, 5) is 4.39. The van der Waals surface area contributed by atoms with Gasteiger partial charge in [-0.25, -0.2) is 4.39 Å². The van der Waals surface area contributed by atoms with Crippen LogP contribution in [0.2, 0.25) is 0 Å². The summed E-state index contributed by atoms with van der Waals surface area (Å²) in [5.74, 6) is 0.354. The molecule has 0 amide bonds. The van der Waals surface area contributed by atoms with E-state index in [-0.39, 0.29) is 5.82 Å². The molecular weight excluding hydrogens is 237 g/mol. The molecule has 0 spiro atoms. The van der Waals surface area contributed by atoms with Crippen LogP contribution in [-0.4, -0.2) is 15.4 Å². The molecule has 1 heterocycles. The van der Waals surface area contributed by atoms with Crippen molar-refractivity contribution in [3.63, 3.8) is 0 Å². The lowest BCUT2D eigenvalue weighted by Crippen LogP contribution is -1.99. The van der Waals surface area contributed by atoms with Gasteiger partial charge >= 0.3 is 0 Å². The van der Waals surface area contributed by atoms with E-state index >= 15 is 0 Å². The Morgan fingerprint density at radius 1 is 1.41 bits per heavy atom. The lowest BCUT2D eigenvalue weighted by molar-refractivity contribution is 0.628. The maximum absolute atomic E-state index is 13.2. The number of anilines is 1. The summed E-state index contributed by atoms with van der Waals surface area (Å²) < 4.78 is 17.5. The minimum atomic E-state index is -0.253. The highest BCUT2D eigenvalue weighted by molar-refractivity contribution is 7.09. The molecule has 1 N–H and O–H groups in total. The molecule has 0 atom stereocenters. The van der Waals surface area contributed by atoms with Crippen LogP contribution >= 0.6 is 11.5 Å². The molecular formula is C12H12FN3S. The molecule has 1 aliphatic rings. The lowest BCUT2D eigenvalue weighted by atomic mass is 10.1. The molecule has 0 bridgehead atoms. The number of aromatic nitrogens is 2. The van der Waals surface area contributed by atoms with Crippen LogP contribution in [0.25, 0.3) is 11.4 Å². The minimum Gasteiger partial charge on any atom is -0.358 e. The monoisotopic (exact) mass is 249 g/mol. The second-order valence-electron chi connectivity index (χ2n) is 4.30. The van der Waals surface area contributed by atoms with Crippen molar-refractivity contribution in [2.45, 2.75) is 25.8 Å². The van der Waals surface area contributed by atoms with Gasteiger partial charge in [0.2, 0.25) is 5.13 Å². The van der Waals surface area contributed by atoms with E-state index in [1.807, 2.05) is 6.92 Å². The summed E-state index contributed by atoms with van der Waals surface area (Å²) in [6.45, 7) is 1.93. The van der Waals surface area contributed by atoms with Crippen molar-refractivity contribution in [3.8, 4) is 11.4 Å². The van der Waals surface area contributed by atoms with Gasteiger partial charge in [0.25, 0.3) is 0 Å². The quantitative estimate of drug-likeness (QED) is 0.907. The largest absolute Gasteiger partial charge is 0.358 e. The van der Waals surface area contributed by atoms with Crippen molar-refractivity contribution in [2.24, 2.45) is 0 Å². The first-order valence-electron chi connectivity index (χ1n) is 5.59. The van der Waals surface area contributed by atoms with Crippen LogP contribution in [0.5, 0.6) is 0 Å². The third-order valence-corrected chi connectivity index (χ3v) is 3.42. The van der Waals surface area contributed by atoms with Crippen molar-refractivity contribution in [1.29, 1.82) is 0 Å². The van der Waals surface area contributed by atoms with E-state index in [4.69, 9.17) is 0 Å². The van der Waals surface area contributed by atoms with Gasteiger partial charge in [0.1, 0.15) is 5.82 Å². The molecule has 2 aromatic rings. The molecule has 0 radical (unpaired) electrons. The molecule has 0 aliphatic heterocycles. The molecule has 3 nitrogen and oxygen atoms in total. The van der Waals surface area contributed by atoms with Crippen LogP contribution in [-0.2, 0) is 0 Å². The van der Waals surface area contributed by atoms with Gasteiger partial charge in [-0.15, -0.1) is 0 Å². The number of hydrogen-bond donors (Lipinski definition) is 1. The zero-order valence-corrected chi connectivity index (χ0v) is 10.2. The molecule has 1 aromatic heterocycles. The standard InChI is InChI=1S/C12H12FN3S/c1-7-2-3-8(13)6-10(7)11-15-12(17-16-11)14-9-4-5-9/h2-3,6,9H,4-5H2,1H3,(H,14,15,16). The average molecular weight is 249 g/mol. The van der Waals surface area contributed by atoms with Crippen LogP contribution in [0.4, 0.5) is 9.52 Å². The molecule has 0 saturated heterocycles. The summed E-state index contributed by atoms with van der Waals surface area (Å²) in [5.41, 5.74) is 1.76. The van der Waals surface area contributed by atoms with Gasteiger partial charge in [-0.2, -0.15) is 9.36 Å². The predicted molar refractivity (Wildman–Crippen MR) is 66.7 cm³/mol. The fourth-order valence-corrected chi connectivity index (χ4v) is 2.29. The Labute approximate surface area is 103 Å². The molecule has 1 saturated carbocycles. The maximum atomic E-state index is 13.2. The predicted octanol–water partition coefficient (Wildman–Crippen LogP) is 3.23. The topological polar surface area (TPSA) is 37.8 Å². The number of nitrogens with zero attached hydrogens (tertiary/aromatic N) is 2. The molecule has 88 valence electrons. The van der Waals surface area contributed by atoms with Gasteiger partial charge < -0.3 is 5.32 Å². The van der Waals surface area contributed by atoms with Crippen LogP contribution in [0.1, 0.15) is 18.4 Å². The van der Waals surface area contributed by atoms with Crippen molar-refractivity contribution in [3.05, 3.63) is 29.6 Å². The van der Waals surface area contributed by atoms with E-state index in [0.717, 1.165) is 16.3 Å². The first kappa shape index (κ1) is 10.7. The molecule has 17 heavy (non-hydrogen) atoms. The van der Waals surface area contributed by atoms with E-state index in [9.17, 15) is 4.39 Å². The summed E-state index contributed by atoms with van der Waals surface area (Å²) >= 11 is 1.33. The van der Waals surface area contributed by atoms with E-state index in [0.29, 0.717) is 11.9 Å². The van der Waals surface area contributed by atoms with Crippen LogP contribution < -0.4 is 5.32 Å². The van der Waals surface area contributed by atoms with E-state index in [1.165, 1.54) is 36.5 Å². The third kappa shape index (κ3) is 2.29. The van der Waals surface area contributed by atoms with Crippen molar-refractivity contribution in [1.82, 2.24) is 9.36 Å². The van der Waals surface area contributed by atoms with E-state index in [2.05, 4.69) is 14.7 Å². The van der Waals surface area contributed by atoms with Crippen molar-refractivity contribution >= 4 is 16.7 Å². The molecule has 0 unspecified atom stereocenters. The Kier molecular flexibility index (Phi) is 2.55. The second-order valence-corrected chi connectivity index (χ2v) is 5.05. The molecule has 3 rings (SSSR count). The summed E-state index contributed by atoms with van der Waals surface area (Å²) in [5, 5.41) is 4.12. The van der Waals surface area contributed by atoms with E-state index in [1.54, 1.807) is 6.07 Å².